The van der Waals surface area contributed by atoms with E-state index in [-0.39, 0.29) is 17.9 Å². The molecule has 4 heteroatoms. The maximum Gasteiger partial charge on any atom is 0.338 e. The van der Waals surface area contributed by atoms with Gasteiger partial charge >= 0.3 is 11.9 Å². The van der Waals surface area contributed by atoms with E-state index < -0.39 is 12.2 Å². The first-order chi connectivity index (χ1) is 8.88. The predicted octanol–water partition coefficient (Wildman–Crippen LogP) is 2.54. The van der Waals surface area contributed by atoms with Crippen LogP contribution in [0.1, 0.15) is 40.5 Å². The number of ether oxygens (including phenoxy) is 2. The van der Waals surface area contributed by atoms with Crippen molar-refractivity contribution in [1.82, 2.24) is 0 Å². The molecule has 1 saturated heterocycles. The molecule has 0 bridgehead atoms. The van der Waals surface area contributed by atoms with E-state index in [1.165, 1.54) is 5.57 Å². The monoisotopic (exact) mass is 264 g/mol. The third-order valence-corrected chi connectivity index (χ3v) is 3.30. The third-order valence-electron chi connectivity index (χ3n) is 3.30. The Hall–Kier alpha value is -1.58. The Labute approximate surface area is 113 Å². The molecule has 0 N–H and O–H groups in total. The number of cyclic esters (lactones) is 1. The Morgan fingerprint density at radius 2 is 2.16 bits per heavy atom. The molecule has 0 aromatic carbocycles. The average molecular weight is 264 g/mol. The maximum atomic E-state index is 11.8. The summed E-state index contributed by atoms with van der Waals surface area (Å²) in [5, 5.41) is 0. The topological polar surface area (TPSA) is 52.6 Å². The van der Waals surface area contributed by atoms with Crippen molar-refractivity contribution in [2.45, 2.75) is 52.7 Å². The Morgan fingerprint density at radius 1 is 1.53 bits per heavy atom. The molecule has 4 nitrogen and oxygen atoms in total. The molecule has 2 rings (SSSR count). The van der Waals surface area contributed by atoms with Crippen molar-refractivity contribution in [2.24, 2.45) is 5.92 Å². The Morgan fingerprint density at radius 3 is 2.68 bits per heavy atom. The summed E-state index contributed by atoms with van der Waals surface area (Å²) in [6, 6.07) is 0. The molecule has 0 amide bonds. The van der Waals surface area contributed by atoms with Crippen LogP contribution >= 0.6 is 0 Å². The van der Waals surface area contributed by atoms with Crippen molar-refractivity contribution in [3.63, 3.8) is 0 Å². The van der Waals surface area contributed by atoms with E-state index in [2.05, 4.69) is 0 Å². The minimum Gasteiger partial charge on any atom is -0.455 e. The van der Waals surface area contributed by atoms with Crippen molar-refractivity contribution in [2.75, 3.05) is 0 Å². The van der Waals surface area contributed by atoms with Crippen LogP contribution in [0.25, 0.3) is 0 Å². The summed E-state index contributed by atoms with van der Waals surface area (Å²) in [5.74, 6) is -0.416. The summed E-state index contributed by atoms with van der Waals surface area (Å²) in [6.07, 6.45) is 2.12. The highest BCUT2D eigenvalue weighted by Crippen LogP contribution is 2.35. The normalized spacial score (nSPS) is 28.1. The van der Waals surface area contributed by atoms with E-state index in [0.29, 0.717) is 12.0 Å². The van der Waals surface area contributed by atoms with Gasteiger partial charge in [-0.3, -0.25) is 4.79 Å². The molecule has 0 spiro atoms. The summed E-state index contributed by atoms with van der Waals surface area (Å²) < 4.78 is 10.6. The number of carbonyl (C=O) groups is 2. The minimum atomic E-state index is -0.570. The molecule has 104 valence electrons. The van der Waals surface area contributed by atoms with Gasteiger partial charge in [-0.15, -0.1) is 0 Å². The molecule has 1 fully saturated rings. The van der Waals surface area contributed by atoms with Gasteiger partial charge in [-0.2, -0.15) is 0 Å². The van der Waals surface area contributed by atoms with Crippen LogP contribution in [0.2, 0.25) is 0 Å². The standard InChI is InChI=1S/C15H20O4/c1-8(2)5-13(16)19-14-10(4)18-15(17)12(14)7-11-6-9(11)3/h7-8,10,14H,5-6H2,1-4H3/b12-7+. The highest BCUT2D eigenvalue weighted by Gasteiger charge is 2.40. The first-order valence-electron chi connectivity index (χ1n) is 6.69. The van der Waals surface area contributed by atoms with E-state index in [1.54, 1.807) is 6.92 Å². The van der Waals surface area contributed by atoms with Crippen molar-refractivity contribution in [3.8, 4) is 0 Å². The van der Waals surface area contributed by atoms with Gasteiger partial charge in [0.15, 0.2) is 6.10 Å². The van der Waals surface area contributed by atoms with Gasteiger partial charge in [-0.25, -0.2) is 4.79 Å². The summed E-state index contributed by atoms with van der Waals surface area (Å²) in [6.45, 7) is 7.68. The average Bonchev–Trinajstić information content (AvgIpc) is 2.91. The molecule has 0 aromatic heterocycles. The van der Waals surface area contributed by atoms with E-state index in [9.17, 15) is 9.59 Å². The summed E-state index contributed by atoms with van der Waals surface area (Å²) in [7, 11) is 0. The molecule has 1 aliphatic heterocycles. The molecular weight excluding hydrogens is 244 g/mol. The van der Waals surface area contributed by atoms with Crippen LogP contribution in [-0.2, 0) is 19.1 Å². The van der Waals surface area contributed by atoms with Gasteiger partial charge < -0.3 is 9.47 Å². The molecule has 19 heavy (non-hydrogen) atoms. The smallest absolute Gasteiger partial charge is 0.338 e. The van der Waals surface area contributed by atoms with Gasteiger partial charge in [0.05, 0.1) is 5.57 Å². The molecule has 1 aliphatic carbocycles. The van der Waals surface area contributed by atoms with E-state index in [0.717, 1.165) is 12.0 Å². The van der Waals surface area contributed by atoms with E-state index in [1.807, 2.05) is 26.8 Å². The molecule has 1 heterocycles. The molecule has 0 saturated carbocycles. The first kappa shape index (κ1) is 13.8. The molecule has 2 atom stereocenters. The molecular formula is C15H20O4. The lowest BCUT2D eigenvalue weighted by Crippen LogP contribution is -2.26. The summed E-state index contributed by atoms with van der Waals surface area (Å²) in [4.78, 5) is 23.5. The van der Waals surface area contributed by atoms with Crippen LogP contribution in [0, 0.1) is 5.92 Å². The second-order valence-corrected chi connectivity index (χ2v) is 5.70. The van der Waals surface area contributed by atoms with Crippen molar-refractivity contribution >= 4 is 11.9 Å². The van der Waals surface area contributed by atoms with Crippen molar-refractivity contribution < 1.29 is 19.1 Å². The predicted molar refractivity (Wildman–Crippen MR) is 70.3 cm³/mol. The van der Waals surface area contributed by atoms with Crippen molar-refractivity contribution in [3.05, 3.63) is 22.8 Å². The van der Waals surface area contributed by atoms with E-state index >= 15 is 0 Å². The quantitative estimate of drug-likeness (QED) is 0.578. The molecule has 0 aromatic rings. The highest BCUT2D eigenvalue weighted by molar-refractivity contribution is 5.93. The number of hydrogen-bond donors (Lipinski definition) is 0. The fourth-order valence-electron chi connectivity index (χ4n) is 2.09. The van der Waals surface area contributed by atoms with Gasteiger partial charge in [0, 0.05) is 6.42 Å². The van der Waals surface area contributed by atoms with Crippen LogP contribution in [0.15, 0.2) is 22.8 Å². The number of allylic oxidation sites excluding steroid dienone is 3. The van der Waals surface area contributed by atoms with Gasteiger partial charge in [-0.05, 0) is 37.8 Å². The number of esters is 2. The summed E-state index contributed by atoms with van der Waals surface area (Å²) in [5.41, 5.74) is 2.88. The number of hydrogen-bond acceptors (Lipinski definition) is 4. The zero-order valence-corrected chi connectivity index (χ0v) is 11.9. The maximum absolute atomic E-state index is 11.8. The Bertz CT molecular complexity index is 471. The fraction of sp³-hybridized carbons (Fsp3) is 0.600. The Balaban J connectivity index is 2.10. The second-order valence-electron chi connectivity index (χ2n) is 5.70. The van der Waals surface area contributed by atoms with E-state index in [4.69, 9.17) is 9.47 Å². The first-order valence-corrected chi connectivity index (χ1v) is 6.69. The van der Waals surface area contributed by atoms with Gasteiger partial charge in [-0.1, -0.05) is 19.4 Å². The Kier molecular flexibility index (Phi) is 3.78. The zero-order valence-electron chi connectivity index (χ0n) is 11.9. The number of rotatable bonds is 4. The third kappa shape index (κ3) is 3.25. The zero-order chi connectivity index (χ0) is 14.2. The lowest BCUT2D eigenvalue weighted by molar-refractivity contribution is -0.152. The minimum absolute atomic E-state index is 0.238. The van der Waals surface area contributed by atoms with Gasteiger partial charge in [0.2, 0.25) is 0 Å². The van der Waals surface area contributed by atoms with Gasteiger partial charge in [0.25, 0.3) is 0 Å². The molecule has 2 unspecified atom stereocenters. The highest BCUT2D eigenvalue weighted by atomic mass is 16.6. The van der Waals surface area contributed by atoms with Crippen LogP contribution in [-0.4, -0.2) is 24.1 Å². The van der Waals surface area contributed by atoms with Crippen LogP contribution < -0.4 is 0 Å². The second kappa shape index (κ2) is 5.19. The molecule has 0 radical (unpaired) electrons. The van der Waals surface area contributed by atoms with Crippen molar-refractivity contribution in [1.29, 1.82) is 0 Å². The summed E-state index contributed by atoms with van der Waals surface area (Å²) >= 11 is 0. The SMILES string of the molecule is CC1=C(/C=C2/C(=O)OC(C)C2OC(=O)CC(C)C)C1. The lowest BCUT2D eigenvalue weighted by Gasteiger charge is -2.15. The van der Waals surface area contributed by atoms with Gasteiger partial charge in [0.1, 0.15) is 6.10 Å². The number of carbonyl (C=O) groups excluding carboxylic acids is 2. The lowest BCUT2D eigenvalue weighted by atomic mass is 10.1. The largest absolute Gasteiger partial charge is 0.455 e. The van der Waals surface area contributed by atoms with Crippen LogP contribution in [0.3, 0.4) is 0 Å². The van der Waals surface area contributed by atoms with Crippen LogP contribution in [0.4, 0.5) is 0 Å². The van der Waals surface area contributed by atoms with Crippen LogP contribution in [0.5, 0.6) is 0 Å². The molecule has 2 aliphatic rings. The fourth-order valence-corrected chi connectivity index (χ4v) is 2.09.